The number of aliphatic hydroxyl groups excluding tert-OH is 1. The number of hydrogen-bond donors (Lipinski definition) is 4. The minimum absolute atomic E-state index is 0.150. The highest BCUT2D eigenvalue weighted by Crippen LogP contribution is 2.27. The van der Waals surface area contributed by atoms with Crippen molar-refractivity contribution in [1.82, 2.24) is 10.6 Å². The Kier molecular flexibility index (Phi) is 12.0. The average molecular weight is 450 g/mol. The molecule has 1 aromatic carbocycles. The molecule has 2 rings (SSSR count). The molecule has 7 nitrogen and oxygen atoms in total. The molecule has 0 saturated heterocycles. The van der Waals surface area contributed by atoms with Gasteiger partial charge in [-0.15, -0.1) is 0 Å². The Bertz CT molecular complexity index is 666. The maximum atomic E-state index is 12.9. The van der Waals surface area contributed by atoms with Gasteiger partial charge in [-0.25, -0.2) is 0 Å². The molecule has 3 atom stereocenters. The van der Waals surface area contributed by atoms with Crippen molar-refractivity contribution in [3.8, 4) is 5.75 Å². The Labute approximate surface area is 193 Å². The van der Waals surface area contributed by atoms with Crippen LogP contribution in [0.2, 0.25) is 0 Å². The molecule has 0 bridgehead atoms. The number of nitrogens with two attached hydrogens (primary N) is 1. The van der Waals surface area contributed by atoms with E-state index in [1.807, 2.05) is 18.2 Å². The predicted molar refractivity (Wildman–Crippen MR) is 128 cm³/mol. The van der Waals surface area contributed by atoms with Crippen molar-refractivity contribution < 1.29 is 19.4 Å². The Morgan fingerprint density at radius 2 is 1.91 bits per heavy atom. The maximum Gasteiger partial charge on any atom is 0.255 e. The van der Waals surface area contributed by atoms with Crippen molar-refractivity contribution in [3.63, 3.8) is 0 Å². The molecule has 0 spiro atoms. The molecule has 0 aromatic heterocycles. The fourth-order valence-corrected chi connectivity index (χ4v) is 3.64. The van der Waals surface area contributed by atoms with E-state index in [1.54, 1.807) is 13.2 Å². The highest BCUT2D eigenvalue weighted by molar-refractivity contribution is 5.96. The van der Waals surface area contributed by atoms with Crippen LogP contribution in [0.3, 0.4) is 0 Å². The van der Waals surface area contributed by atoms with Crippen molar-refractivity contribution in [1.29, 1.82) is 0 Å². The van der Waals surface area contributed by atoms with Gasteiger partial charge in [-0.2, -0.15) is 0 Å². The second-order valence-electron chi connectivity index (χ2n) is 9.33. The molecule has 0 unspecified atom stereocenters. The van der Waals surface area contributed by atoms with Crippen molar-refractivity contribution in [2.24, 2.45) is 23.5 Å². The second kappa shape index (κ2) is 14.5. The van der Waals surface area contributed by atoms with Gasteiger partial charge in [0.25, 0.3) is 5.91 Å². The Morgan fingerprint density at radius 3 is 2.59 bits per heavy atom. The van der Waals surface area contributed by atoms with Gasteiger partial charge in [-0.1, -0.05) is 26.0 Å². The highest BCUT2D eigenvalue weighted by atomic mass is 16.5. The van der Waals surface area contributed by atoms with Gasteiger partial charge >= 0.3 is 0 Å². The molecule has 1 amide bonds. The van der Waals surface area contributed by atoms with Crippen LogP contribution in [0.4, 0.5) is 0 Å². The fraction of sp³-hybridized carbons (Fsp3) is 0.720. The summed E-state index contributed by atoms with van der Waals surface area (Å²) in [5, 5.41) is 16.8. The number of amides is 1. The third kappa shape index (κ3) is 9.86. The van der Waals surface area contributed by atoms with Crippen molar-refractivity contribution in [2.75, 3.05) is 40.0 Å². The second-order valence-corrected chi connectivity index (χ2v) is 9.33. The largest absolute Gasteiger partial charge is 0.493 e. The van der Waals surface area contributed by atoms with E-state index in [-0.39, 0.29) is 17.9 Å². The molecule has 1 fully saturated rings. The fourth-order valence-electron chi connectivity index (χ4n) is 3.64. The standard InChI is InChI=1S/C25H43N3O4/c1-18(2)20(14-22(26)23(29)17-27-15-19-10-11-19)16-28-25(30)21-8-4-5-9-24(21)32-13-7-6-12-31-3/h4-5,8-9,18-20,22-23,27,29H,6-7,10-17,26H2,1-3H3,(H,28,30)/t20-,22+,23+/m1/s1. The summed E-state index contributed by atoms with van der Waals surface area (Å²) in [5.74, 6) is 1.73. The first-order valence-corrected chi connectivity index (χ1v) is 12.1. The van der Waals surface area contributed by atoms with E-state index in [0.29, 0.717) is 50.0 Å². The molecule has 0 aliphatic heterocycles. The summed E-state index contributed by atoms with van der Waals surface area (Å²) in [6, 6.07) is 6.99. The number of nitrogens with one attached hydrogen (secondary N) is 2. The average Bonchev–Trinajstić information content (AvgIpc) is 3.60. The van der Waals surface area contributed by atoms with Gasteiger partial charge in [0.1, 0.15) is 5.75 Å². The topological polar surface area (TPSA) is 106 Å². The lowest BCUT2D eigenvalue weighted by Crippen LogP contribution is -2.45. The quantitative estimate of drug-likeness (QED) is 0.272. The van der Waals surface area contributed by atoms with Gasteiger partial charge in [-0.3, -0.25) is 4.79 Å². The molecule has 1 aromatic rings. The monoisotopic (exact) mass is 449 g/mol. The van der Waals surface area contributed by atoms with Gasteiger partial charge in [0.2, 0.25) is 0 Å². The molecule has 1 aliphatic rings. The first-order valence-electron chi connectivity index (χ1n) is 12.1. The van der Waals surface area contributed by atoms with Gasteiger partial charge < -0.3 is 30.9 Å². The molecular weight excluding hydrogens is 406 g/mol. The normalized spacial score (nSPS) is 16.6. The Balaban J connectivity index is 1.81. The minimum atomic E-state index is -0.585. The number of aliphatic hydroxyl groups is 1. The van der Waals surface area contributed by atoms with E-state index in [2.05, 4.69) is 24.5 Å². The van der Waals surface area contributed by atoms with Crippen LogP contribution in [0.25, 0.3) is 0 Å². The van der Waals surface area contributed by atoms with Crippen LogP contribution in [-0.4, -0.2) is 63.1 Å². The summed E-state index contributed by atoms with van der Waals surface area (Å²) >= 11 is 0. The van der Waals surface area contributed by atoms with Crippen LogP contribution in [0.15, 0.2) is 24.3 Å². The highest BCUT2D eigenvalue weighted by Gasteiger charge is 2.25. The van der Waals surface area contributed by atoms with E-state index in [4.69, 9.17) is 15.2 Å². The van der Waals surface area contributed by atoms with Crippen LogP contribution in [0.5, 0.6) is 5.75 Å². The number of para-hydroxylation sites is 1. The summed E-state index contributed by atoms with van der Waals surface area (Å²) in [4.78, 5) is 12.9. The first kappa shape index (κ1) is 26.6. The van der Waals surface area contributed by atoms with Crippen LogP contribution < -0.4 is 21.1 Å². The van der Waals surface area contributed by atoms with Gasteiger partial charge in [0, 0.05) is 32.8 Å². The zero-order valence-electron chi connectivity index (χ0n) is 20.0. The summed E-state index contributed by atoms with van der Waals surface area (Å²) in [6.07, 6.45) is 4.43. The minimum Gasteiger partial charge on any atom is -0.493 e. The number of methoxy groups -OCH3 is 1. The number of carbonyl (C=O) groups excluding carboxylic acids is 1. The lowest BCUT2D eigenvalue weighted by molar-refractivity contribution is 0.0927. The molecule has 0 radical (unpaired) electrons. The maximum absolute atomic E-state index is 12.9. The SMILES string of the molecule is COCCCCOc1ccccc1C(=O)NC[C@@H](C[C@H](N)[C@@H](O)CNCC1CC1)C(C)C. The molecule has 1 saturated carbocycles. The number of hydrogen-bond acceptors (Lipinski definition) is 6. The molecular formula is C25H43N3O4. The summed E-state index contributed by atoms with van der Waals surface area (Å²) < 4.78 is 10.9. The van der Waals surface area contributed by atoms with Crippen molar-refractivity contribution in [3.05, 3.63) is 29.8 Å². The molecule has 0 heterocycles. The smallest absolute Gasteiger partial charge is 0.255 e. The van der Waals surface area contributed by atoms with E-state index in [9.17, 15) is 9.90 Å². The van der Waals surface area contributed by atoms with Crippen molar-refractivity contribution in [2.45, 2.75) is 58.1 Å². The first-order chi connectivity index (χ1) is 15.4. The summed E-state index contributed by atoms with van der Waals surface area (Å²) in [6.45, 7) is 7.48. The lowest BCUT2D eigenvalue weighted by Gasteiger charge is -2.27. The Morgan fingerprint density at radius 1 is 1.19 bits per heavy atom. The number of carbonyl (C=O) groups is 1. The summed E-state index contributed by atoms with van der Waals surface area (Å²) in [7, 11) is 1.69. The Hall–Kier alpha value is -1.67. The molecule has 32 heavy (non-hydrogen) atoms. The molecule has 1 aliphatic carbocycles. The third-order valence-electron chi connectivity index (χ3n) is 6.15. The predicted octanol–water partition coefficient (Wildman–Crippen LogP) is 2.57. The molecule has 5 N–H and O–H groups in total. The van der Waals surface area contributed by atoms with E-state index in [1.165, 1.54) is 12.8 Å². The van der Waals surface area contributed by atoms with Gasteiger partial charge in [0.15, 0.2) is 0 Å². The number of unbranched alkanes of at least 4 members (excludes halogenated alkanes) is 1. The summed E-state index contributed by atoms with van der Waals surface area (Å²) in [5.41, 5.74) is 6.83. The van der Waals surface area contributed by atoms with Gasteiger partial charge in [0.05, 0.1) is 18.3 Å². The number of benzene rings is 1. The van der Waals surface area contributed by atoms with Crippen LogP contribution in [0.1, 0.15) is 56.3 Å². The molecule has 7 heteroatoms. The number of ether oxygens (including phenoxy) is 2. The van der Waals surface area contributed by atoms with Gasteiger partial charge in [-0.05, 0) is 68.5 Å². The lowest BCUT2D eigenvalue weighted by atomic mass is 9.87. The van der Waals surface area contributed by atoms with E-state index < -0.39 is 6.10 Å². The van der Waals surface area contributed by atoms with Crippen molar-refractivity contribution >= 4 is 5.91 Å². The number of rotatable bonds is 17. The van der Waals surface area contributed by atoms with E-state index >= 15 is 0 Å². The van der Waals surface area contributed by atoms with Crippen LogP contribution >= 0.6 is 0 Å². The van der Waals surface area contributed by atoms with E-state index in [0.717, 1.165) is 25.3 Å². The molecule has 182 valence electrons. The van der Waals surface area contributed by atoms with Crippen LogP contribution in [-0.2, 0) is 4.74 Å². The van der Waals surface area contributed by atoms with Crippen LogP contribution in [0, 0.1) is 17.8 Å². The zero-order valence-corrected chi connectivity index (χ0v) is 20.0. The zero-order chi connectivity index (χ0) is 23.3. The third-order valence-corrected chi connectivity index (χ3v) is 6.15.